The molecule has 1 aromatic carbocycles. The van der Waals surface area contributed by atoms with E-state index < -0.39 is 0 Å². The van der Waals surface area contributed by atoms with E-state index in [-0.39, 0.29) is 5.91 Å². The van der Waals surface area contributed by atoms with Crippen LogP contribution in [0.25, 0.3) is 0 Å². The zero-order chi connectivity index (χ0) is 15.4. The highest BCUT2D eigenvalue weighted by molar-refractivity contribution is 9.10. The van der Waals surface area contributed by atoms with Gasteiger partial charge >= 0.3 is 0 Å². The molecule has 0 aliphatic carbocycles. The number of nitrogens with zero attached hydrogens (tertiary/aromatic N) is 1. The van der Waals surface area contributed by atoms with Crippen LogP contribution in [0.4, 0.5) is 11.4 Å². The Morgan fingerprint density at radius 2 is 2.19 bits per heavy atom. The molecule has 112 valence electrons. The molecule has 4 nitrogen and oxygen atoms in total. The van der Waals surface area contributed by atoms with Crippen molar-refractivity contribution in [1.82, 2.24) is 4.90 Å². The number of thiophene rings is 1. The molecule has 0 unspecified atom stereocenters. The fourth-order valence-electron chi connectivity index (χ4n) is 1.92. The number of amides is 1. The molecule has 0 radical (unpaired) electrons. The Balaban J connectivity index is 1.87. The first kappa shape index (κ1) is 16.0. The minimum Gasteiger partial charge on any atom is -0.398 e. The van der Waals surface area contributed by atoms with Gasteiger partial charge in [0.25, 0.3) is 0 Å². The van der Waals surface area contributed by atoms with Crippen molar-refractivity contribution in [1.29, 1.82) is 0 Å². The summed E-state index contributed by atoms with van der Waals surface area (Å²) in [6, 6.07) is 7.61. The quantitative estimate of drug-likeness (QED) is 0.795. The van der Waals surface area contributed by atoms with Crippen molar-refractivity contribution in [2.45, 2.75) is 13.5 Å². The molecule has 0 saturated heterocycles. The van der Waals surface area contributed by atoms with Gasteiger partial charge in [0, 0.05) is 32.6 Å². The lowest BCUT2D eigenvalue weighted by molar-refractivity contribution is -0.117. The van der Waals surface area contributed by atoms with Crippen molar-refractivity contribution in [3.05, 3.63) is 44.6 Å². The number of carbonyl (C=O) groups excluding carboxylic acids is 1. The standard InChI is InChI=1S/C15H18BrN3OS/c1-10-3-4-12(6-14(10)17)18-15(20)8-19(2)7-13-5-11(16)9-21-13/h3-6,9H,7-8,17H2,1-2H3,(H,18,20). The molecule has 0 spiro atoms. The summed E-state index contributed by atoms with van der Waals surface area (Å²) < 4.78 is 1.08. The summed E-state index contributed by atoms with van der Waals surface area (Å²) in [5.41, 5.74) is 8.26. The Morgan fingerprint density at radius 1 is 1.43 bits per heavy atom. The number of nitrogens with two attached hydrogens (primary N) is 1. The summed E-state index contributed by atoms with van der Waals surface area (Å²) in [6.45, 7) is 3.02. The summed E-state index contributed by atoms with van der Waals surface area (Å²) in [5.74, 6) is -0.0450. The molecule has 0 fully saturated rings. The maximum absolute atomic E-state index is 12.0. The summed E-state index contributed by atoms with van der Waals surface area (Å²) in [4.78, 5) is 15.2. The van der Waals surface area contributed by atoms with Crippen LogP contribution in [0.1, 0.15) is 10.4 Å². The number of carbonyl (C=O) groups is 1. The van der Waals surface area contributed by atoms with Crippen molar-refractivity contribution in [2.24, 2.45) is 0 Å². The zero-order valence-corrected chi connectivity index (χ0v) is 14.4. The largest absolute Gasteiger partial charge is 0.398 e. The summed E-state index contributed by atoms with van der Waals surface area (Å²) in [7, 11) is 1.93. The van der Waals surface area contributed by atoms with Crippen LogP contribution in [0.3, 0.4) is 0 Å². The van der Waals surface area contributed by atoms with E-state index in [2.05, 4.69) is 27.3 Å². The topological polar surface area (TPSA) is 58.4 Å². The number of rotatable bonds is 5. The third kappa shape index (κ3) is 4.84. The van der Waals surface area contributed by atoms with Gasteiger partial charge in [0.15, 0.2) is 0 Å². The Morgan fingerprint density at radius 3 is 2.81 bits per heavy atom. The predicted molar refractivity (Wildman–Crippen MR) is 92.6 cm³/mol. The number of aryl methyl sites for hydroxylation is 1. The summed E-state index contributed by atoms with van der Waals surface area (Å²) in [6.07, 6.45) is 0. The maximum Gasteiger partial charge on any atom is 0.238 e. The van der Waals surface area contributed by atoms with Gasteiger partial charge in [0.1, 0.15) is 0 Å². The number of hydrogen-bond acceptors (Lipinski definition) is 4. The SMILES string of the molecule is Cc1ccc(NC(=O)CN(C)Cc2cc(Br)cs2)cc1N. The molecule has 2 aromatic rings. The average Bonchev–Trinajstić information content (AvgIpc) is 2.79. The lowest BCUT2D eigenvalue weighted by Crippen LogP contribution is -2.29. The third-order valence-electron chi connectivity index (χ3n) is 3.02. The molecule has 6 heteroatoms. The van der Waals surface area contributed by atoms with Crippen LogP contribution in [0.2, 0.25) is 0 Å². The van der Waals surface area contributed by atoms with E-state index in [1.807, 2.05) is 36.4 Å². The van der Waals surface area contributed by atoms with E-state index >= 15 is 0 Å². The molecule has 1 aromatic heterocycles. The minimum atomic E-state index is -0.0450. The maximum atomic E-state index is 12.0. The van der Waals surface area contributed by atoms with Crippen LogP contribution in [0, 0.1) is 6.92 Å². The van der Waals surface area contributed by atoms with Crippen LogP contribution >= 0.6 is 27.3 Å². The first-order valence-electron chi connectivity index (χ1n) is 6.51. The van der Waals surface area contributed by atoms with Crippen molar-refractivity contribution in [3.8, 4) is 0 Å². The van der Waals surface area contributed by atoms with Crippen molar-refractivity contribution in [2.75, 3.05) is 24.6 Å². The molecule has 0 aliphatic heterocycles. The van der Waals surface area contributed by atoms with Gasteiger partial charge in [-0.15, -0.1) is 11.3 Å². The normalized spacial score (nSPS) is 10.9. The van der Waals surface area contributed by atoms with Crippen LogP contribution in [0.5, 0.6) is 0 Å². The van der Waals surface area contributed by atoms with E-state index in [1.165, 1.54) is 4.88 Å². The Kier molecular flexibility index (Phi) is 5.39. The van der Waals surface area contributed by atoms with Gasteiger partial charge in [-0.05, 0) is 53.7 Å². The summed E-state index contributed by atoms with van der Waals surface area (Å²) in [5, 5.41) is 4.91. The van der Waals surface area contributed by atoms with Crippen LogP contribution in [0.15, 0.2) is 34.1 Å². The number of halogens is 1. The van der Waals surface area contributed by atoms with Gasteiger partial charge in [0.2, 0.25) is 5.91 Å². The molecule has 1 amide bonds. The highest BCUT2D eigenvalue weighted by Crippen LogP contribution is 2.21. The number of hydrogen-bond donors (Lipinski definition) is 2. The predicted octanol–water partition coefficient (Wildman–Crippen LogP) is 3.47. The fourth-order valence-corrected chi connectivity index (χ4v) is 3.45. The Labute approximate surface area is 137 Å². The zero-order valence-electron chi connectivity index (χ0n) is 12.0. The Bertz CT molecular complexity index is 642. The van der Waals surface area contributed by atoms with Gasteiger partial charge < -0.3 is 11.1 Å². The molecule has 3 N–H and O–H groups in total. The van der Waals surface area contributed by atoms with Crippen molar-refractivity contribution in [3.63, 3.8) is 0 Å². The second kappa shape index (κ2) is 7.06. The number of nitrogens with one attached hydrogen (secondary N) is 1. The first-order chi connectivity index (χ1) is 9.94. The molecule has 0 bridgehead atoms. The minimum absolute atomic E-state index is 0.0450. The highest BCUT2D eigenvalue weighted by Gasteiger charge is 2.09. The van der Waals surface area contributed by atoms with E-state index in [0.29, 0.717) is 12.2 Å². The lowest BCUT2D eigenvalue weighted by atomic mass is 10.2. The molecule has 0 saturated carbocycles. The second-order valence-corrected chi connectivity index (χ2v) is 6.93. The van der Waals surface area contributed by atoms with E-state index in [9.17, 15) is 4.79 Å². The molecule has 1 heterocycles. The average molecular weight is 368 g/mol. The van der Waals surface area contributed by atoms with Crippen LogP contribution in [-0.4, -0.2) is 24.4 Å². The fraction of sp³-hybridized carbons (Fsp3) is 0.267. The smallest absolute Gasteiger partial charge is 0.238 e. The van der Waals surface area contributed by atoms with Gasteiger partial charge in [-0.3, -0.25) is 9.69 Å². The third-order valence-corrected chi connectivity index (χ3v) is 4.71. The molecule has 0 atom stereocenters. The van der Waals surface area contributed by atoms with Crippen molar-refractivity contribution >= 4 is 44.5 Å². The van der Waals surface area contributed by atoms with Crippen molar-refractivity contribution < 1.29 is 4.79 Å². The van der Waals surface area contributed by atoms with Gasteiger partial charge in [0.05, 0.1) is 6.54 Å². The number of nitrogen functional groups attached to an aromatic ring is 1. The number of benzene rings is 1. The second-order valence-electron chi connectivity index (χ2n) is 5.02. The van der Waals surface area contributed by atoms with Gasteiger partial charge in [-0.2, -0.15) is 0 Å². The van der Waals surface area contributed by atoms with E-state index in [0.717, 1.165) is 22.3 Å². The highest BCUT2D eigenvalue weighted by atomic mass is 79.9. The van der Waals surface area contributed by atoms with Crippen LogP contribution < -0.4 is 11.1 Å². The molecule has 21 heavy (non-hydrogen) atoms. The molecule has 0 aliphatic rings. The van der Waals surface area contributed by atoms with E-state index in [4.69, 9.17) is 5.73 Å². The first-order valence-corrected chi connectivity index (χ1v) is 8.19. The van der Waals surface area contributed by atoms with Crippen LogP contribution in [-0.2, 0) is 11.3 Å². The lowest BCUT2D eigenvalue weighted by Gasteiger charge is -2.15. The molecular weight excluding hydrogens is 350 g/mol. The monoisotopic (exact) mass is 367 g/mol. The van der Waals surface area contributed by atoms with E-state index in [1.54, 1.807) is 17.4 Å². The molecule has 2 rings (SSSR count). The summed E-state index contributed by atoms with van der Waals surface area (Å²) >= 11 is 5.11. The number of anilines is 2. The number of likely N-dealkylation sites (N-methyl/N-ethyl adjacent to an activating group) is 1. The Hall–Kier alpha value is -1.37. The molecular formula is C15H18BrN3OS. The van der Waals surface area contributed by atoms with Gasteiger partial charge in [-0.25, -0.2) is 0 Å². The van der Waals surface area contributed by atoms with Gasteiger partial charge in [-0.1, -0.05) is 6.07 Å².